The summed E-state index contributed by atoms with van der Waals surface area (Å²) in [5.41, 5.74) is 0.522. The highest BCUT2D eigenvalue weighted by Gasteiger charge is 2.08. The van der Waals surface area contributed by atoms with Crippen molar-refractivity contribution in [2.24, 2.45) is 0 Å². The first-order valence-electron chi connectivity index (χ1n) is 5.33. The molecule has 2 N–H and O–H groups in total. The molecule has 0 radical (unpaired) electrons. The van der Waals surface area contributed by atoms with Gasteiger partial charge in [-0.3, -0.25) is 9.59 Å². The van der Waals surface area contributed by atoms with Gasteiger partial charge in [0.1, 0.15) is 11.5 Å². The molecule has 0 saturated heterocycles. The van der Waals surface area contributed by atoms with E-state index in [4.69, 9.17) is 9.47 Å². The molecule has 0 aromatic heterocycles. The second-order valence-corrected chi connectivity index (χ2v) is 3.52. The van der Waals surface area contributed by atoms with Gasteiger partial charge in [-0.25, -0.2) is 0 Å². The molecule has 18 heavy (non-hydrogen) atoms. The average molecular weight is 252 g/mol. The molecule has 0 atom stereocenters. The summed E-state index contributed by atoms with van der Waals surface area (Å²) in [4.78, 5) is 22.2. The van der Waals surface area contributed by atoms with Gasteiger partial charge in [-0.15, -0.1) is 0 Å². The van der Waals surface area contributed by atoms with Crippen LogP contribution in [0.2, 0.25) is 0 Å². The molecule has 0 aliphatic rings. The van der Waals surface area contributed by atoms with Crippen molar-refractivity contribution in [3.8, 4) is 11.5 Å². The van der Waals surface area contributed by atoms with Gasteiger partial charge in [-0.2, -0.15) is 0 Å². The molecular weight excluding hydrogens is 236 g/mol. The first kappa shape index (κ1) is 13.8. The fraction of sp³-hybridized carbons (Fsp3) is 0.333. The van der Waals surface area contributed by atoms with E-state index in [2.05, 4.69) is 10.6 Å². The number of methoxy groups -OCH3 is 2. The van der Waals surface area contributed by atoms with Crippen LogP contribution in [0.1, 0.15) is 6.92 Å². The molecule has 0 aliphatic carbocycles. The highest BCUT2D eigenvalue weighted by Crippen LogP contribution is 2.28. The van der Waals surface area contributed by atoms with Gasteiger partial charge >= 0.3 is 0 Å². The molecule has 0 unspecified atom stereocenters. The summed E-state index contributed by atoms with van der Waals surface area (Å²) in [5.74, 6) is 0.540. The number of hydrogen-bond donors (Lipinski definition) is 2. The summed E-state index contributed by atoms with van der Waals surface area (Å²) >= 11 is 0. The van der Waals surface area contributed by atoms with Crippen molar-refractivity contribution in [3.05, 3.63) is 18.2 Å². The molecule has 0 spiro atoms. The molecule has 1 rings (SSSR count). The van der Waals surface area contributed by atoms with Crippen LogP contribution in [0.15, 0.2) is 18.2 Å². The number of ether oxygens (including phenoxy) is 2. The van der Waals surface area contributed by atoms with E-state index in [1.807, 2.05) is 0 Å². The highest BCUT2D eigenvalue weighted by atomic mass is 16.5. The standard InChI is InChI=1S/C12H16N2O4/c1-8(15)13-7-12(16)14-10-5-4-9(17-2)6-11(10)18-3/h4-6H,7H2,1-3H3,(H,13,15)(H,14,16). The summed E-state index contributed by atoms with van der Waals surface area (Å²) < 4.78 is 10.2. The molecule has 0 fully saturated rings. The average Bonchev–Trinajstić information content (AvgIpc) is 2.36. The second-order valence-electron chi connectivity index (χ2n) is 3.52. The molecule has 1 aromatic rings. The van der Waals surface area contributed by atoms with E-state index >= 15 is 0 Å². The van der Waals surface area contributed by atoms with E-state index in [9.17, 15) is 9.59 Å². The zero-order valence-corrected chi connectivity index (χ0v) is 10.6. The predicted octanol–water partition coefficient (Wildman–Crippen LogP) is 0.778. The molecule has 0 bridgehead atoms. The SMILES string of the molecule is COc1ccc(NC(=O)CNC(C)=O)c(OC)c1. The monoisotopic (exact) mass is 252 g/mol. The Morgan fingerprint density at radius 2 is 1.94 bits per heavy atom. The highest BCUT2D eigenvalue weighted by molar-refractivity contribution is 5.95. The van der Waals surface area contributed by atoms with Crippen LogP contribution in [0.3, 0.4) is 0 Å². The molecule has 6 heteroatoms. The molecule has 1 aromatic carbocycles. The summed E-state index contributed by atoms with van der Waals surface area (Å²) in [6.07, 6.45) is 0. The summed E-state index contributed by atoms with van der Waals surface area (Å²) in [7, 11) is 3.04. The van der Waals surface area contributed by atoms with Crippen LogP contribution >= 0.6 is 0 Å². The number of nitrogens with one attached hydrogen (secondary N) is 2. The number of anilines is 1. The van der Waals surface area contributed by atoms with Crippen LogP contribution in [0.4, 0.5) is 5.69 Å². The lowest BCUT2D eigenvalue weighted by atomic mass is 10.2. The minimum absolute atomic E-state index is 0.0789. The lowest BCUT2D eigenvalue weighted by Crippen LogP contribution is -2.31. The minimum Gasteiger partial charge on any atom is -0.497 e. The van der Waals surface area contributed by atoms with Gasteiger partial charge in [0.15, 0.2) is 0 Å². The number of benzene rings is 1. The van der Waals surface area contributed by atoms with Gasteiger partial charge in [-0.05, 0) is 12.1 Å². The first-order chi connectivity index (χ1) is 8.56. The lowest BCUT2D eigenvalue weighted by molar-refractivity contribution is -0.122. The van der Waals surface area contributed by atoms with E-state index < -0.39 is 0 Å². The van der Waals surface area contributed by atoms with Crippen molar-refractivity contribution in [1.82, 2.24) is 5.32 Å². The Kier molecular flexibility index (Phi) is 4.98. The third-order valence-corrected chi connectivity index (χ3v) is 2.18. The molecule has 0 saturated carbocycles. The molecule has 2 amide bonds. The zero-order valence-electron chi connectivity index (χ0n) is 10.6. The van der Waals surface area contributed by atoms with Crippen molar-refractivity contribution in [3.63, 3.8) is 0 Å². The maximum Gasteiger partial charge on any atom is 0.243 e. The Labute approximate surface area is 105 Å². The van der Waals surface area contributed by atoms with Crippen molar-refractivity contribution in [1.29, 1.82) is 0 Å². The second kappa shape index (κ2) is 6.48. The predicted molar refractivity (Wildman–Crippen MR) is 66.9 cm³/mol. The quantitative estimate of drug-likeness (QED) is 0.811. The largest absolute Gasteiger partial charge is 0.497 e. The summed E-state index contributed by atoms with van der Waals surface area (Å²) in [6.45, 7) is 1.27. The number of amides is 2. The van der Waals surface area contributed by atoms with Crippen molar-refractivity contribution in [2.75, 3.05) is 26.1 Å². The minimum atomic E-state index is -0.325. The zero-order chi connectivity index (χ0) is 13.5. The van der Waals surface area contributed by atoms with Gasteiger partial charge in [0.05, 0.1) is 26.5 Å². The van der Waals surface area contributed by atoms with Gasteiger partial charge in [0.25, 0.3) is 0 Å². The number of hydrogen-bond acceptors (Lipinski definition) is 4. The Bertz CT molecular complexity index is 446. The van der Waals surface area contributed by atoms with E-state index in [0.717, 1.165) is 0 Å². The van der Waals surface area contributed by atoms with Crippen molar-refractivity contribution < 1.29 is 19.1 Å². The Balaban J connectivity index is 2.71. The smallest absolute Gasteiger partial charge is 0.243 e. The lowest BCUT2D eigenvalue weighted by Gasteiger charge is -2.11. The van der Waals surface area contributed by atoms with Crippen LogP contribution in [0.25, 0.3) is 0 Å². The van der Waals surface area contributed by atoms with Crippen LogP contribution in [0.5, 0.6) is 11.5 Å². The summed E-state index contributed by atoms with van der Waals surface area (Å²) in [6, 6.07) is 5.04. The van der Waals surface area contributed by atoms with Crippen LogP contribution < -0.4 is 20.1 Å². The van der Waals surface area contributed by atoms with E-state index in [1.165, 1.54) is 14.0 Å². The van der Waals surface area contributed by atoms with Gasteiger partial charge < -0.3 is 20.1 Å². The molecular formula is C12H16N2O4. The molecule has 0 heterocycles. The van der Waals surface area contributed by atoms with Crippen LogP contribution in [-0.4, -0.2) is 32.6 Å². The Morgan fingerprint density at radius 3 is 2.50 bits per heavy atom. The third kappa shape index (κ3) is 3.97. The maximum atomic E-state index is 11.5. The van der Waals surface area contributed by atoms with E-state index in [0.29, 0.717) is 17.2 Å². The number of carbonyl (C=O) groups excluding carboxylic acids is 2. The maximum absolute atomic E-state index is 11.5. The fourth-order valence-corrected chi connectivity index (χ4v) is 1.30. The topological polar surface area (TPSA) is 76.7 Å². The Hall–Kier alpha value is -2.24. The molecule has 0 aliphatic heterocycles. The van der Waals surface area contributed by atoms with Gasteiger partial charge in [0.2, 0.25) is 11.8 Å². The first-order valence-corrected chi connectivity index (χ1v) is 5.33. The number of carbonyl (C=O) groups is 2. The fourth-order valence-electron chi connectivity index (χ4n) is 1.30. The van der Waals surface area contributed by atoms with Gasteiger partial charge in [0, 0.05) is 13.0 Å². The van der Waals surface area contributed by atoms with E-state index in [-0.39, 0.29) is 18.4 Å². The van der Waals surface area contributed by atoms with Gasteiger partial charge in [-0.1, -0.05) is 0 Å². The van der Waals surface area contributed by atoms with Crippen molar-refractivity contribution in [2.45, 2.75) is 6.92 Å². The van der Waals surface area contributed by atoms with Crippen LogP contribution in [0, 0.1) is 0 Å². The number of rotatable bonds is 5. The molecule has 98 valence electrons. The molecule has 6 nitrogen and oxygen atoms in total. The van der Waals surface area contributed by atoms with Crippen LogP contribution in [-0.2, 0) is 9.59 Å². The van der Waals surface area contributed by atoms with Crippen molar-refractivity contribution >= 4 is 17.5 Å². The third-order valence-electron chi connectivity index (χ3n) is 2.18. The normalized spacial score (nSPS) is 9.50. The summed E-state index contributed by atoms with van der Waals surface area (Å²) in [5, 5.41) is 5.04. The van der Waals surface area contributed by atoms with E-state index in [1.54, 1.807) is 25.3 Å². The Morgan fingerprint density at radius 1 is 1.22 bits per heavy atom.